The van der Waals surface area contributed by atoms with Crippen molar-refractivity contribution >= 4 is 58.6 Å². The van der Waals surface area contributed by atoms with E-state index >= 15 is 0 Å². The Bertz CT molecular complexity index is 977. The highest BCUT2D eigenvalue weighted by atomic mass is 35.5. The molecule has 0 spiro atoms. The molecule has 0 fully saturated rings. The van der Waals surface area contributed by atoms with E-state index in [1.807, 2.05) is 0 Å². The van der Waals surface area contributed by atoms with Crippen molar-refractivity contribution in [3.63, 3.8) is 0 Å². The quantitative estimate of drug-likeness (QED) is 0.368. The zero-order valence-electron chi connectivity index (χ0n) is 11.6. The maximum Gasteiger partial charge on any atom is 0.271 e. The van der Waals surface area contributed by atoms with Crippen molar-refractivity contribution in [3.8, 4) is 0 Å². The normalized spacial score (nSPS) is 11.2. The highest BCUT2D eigenvalue weighted by Gasteiger charge is 2.06. The van der Waals surface area contributed by atoms with Gasteiger partial charge in [0.1, 0.15) is 0 Å². The molecule has 3 N–H and O–H groups in total. The number of benzene rings is 2. The summed E-state index contributed by atoms with van der Waals surface area (Å²) in [6.45, 7) is 0. The van der Waals surface area contributed by atoms with E-state index in [2.05, 4.69) is 20.5 Å². The van der Waals surface area contributed by atoms with Gasteiger partial charge in [0.05, 0.1) is 22.3 Å². The lowest BCUT2D eigenvalue weighted by Crippen LogP contribution is -2.17. The van der Waals surface area contributed by atoms with Crippen molar-refractivity contribution in [3.05, 3.63) is 62.3 Å². The van der Waals surface area contributed by atoms with Gasteiger partial charge in [-0.3, -0.25) is 4.79 Å². The average Bonchev–Trinajstić information content (AvgIpc) is 2.88. The zero-order chi connectivity index (χ0) is 16.4. The number of hydrogen-bond donors (Lipinski definition) is 3. The molecule has 3 rings (SSSR count). The Kier molecular flexibility index (Phi) is 4.47. The second-order valence-electron chi connectivity index (χ2n) is 4.70. The van der Waals surface area contributed by atoms with E-state index < -0.39 is 0 Å². The number of carbonyl (C=O) groups excluding carboxylic acids is 1. The summed E-state index contributed by atoms with van der Waals surface area (Å²) in [5.74, 6) is -0.339. The molecule has 0 unspecified atom stereocenters. The van der Waals surface area contributed by atoms with Crippen LogP contribution < -0.4 is 5.43 Å². The number of carbonyl (C=O) groups is 1. The lowest BCUT2D eigenvalue weighted by molar-refractivity contribution is 0.0955. The molecule has 0 aliphatic rings. The maximum atomic E-state index is 12.1. The summed E-state index contributed by atoms with van der Waals surface area (Å²) >= 11 is 16.9. The van der Waals surface area contributed by atoms with Crippen molar-refractivity contribution in [2.75, 3.05) is 0 Å². The van der Waals surface area contributed by atoms with E-state index in [1.165, 1.54) is 6.21 Å². The highest BCUT2D eigenvalue weighted by Crippen LogP contribution is 2.19. The third-order valence-corrected chi connectivity index (χ3v) is 3.88. The number of nitrogens with one attached hydrogen (secondary N) is 3. The second kappa shape index (κ2) is 6.54. The van der Waals surface area contributed by atoms with E-state index in [1.54, 1.807) is 36.4 Å². The Morgan fingerprint density at radius 1 is 1.13 bits per heavy atom. The smallest absolute Gasteiger partial charge is 0.271 e. The van der Waals surface area contributed by atoms with Crippen molar-refractivity contribution in [1.29, 1.82) is 0 Å². The Balaban J connectivity index is 1.75. The number of hydrazone groups is 1. The molecular formula is C15H10Cl2N4OS. The number of hydrogen-bond acceptors (Lipinski definition) is 3. The highest BCUT2D eigenvalue weighted by molar-refractivity contribution is 7.71. The number of fused-ring (bicyclic) bond motifs is 1. The molecule has 3 aromatic rings. The third-order valence-electron chi connectivity index (χ3n) is 3.11. The maximum absolute atomic E-state index is 12.1. The molecule has 0 saturated carbocycles. The molecule has 0 aliphatic heterocycles. The number of aromatic amines is 2. The van der Waals surface area contributed by atoms with Crippen LogP contribution in [0.15, 0.2) is 41.5 Å². The minimum Gasteiger partial charge on any atom is -0.331 e. The number of nitrogens with zero attached hydrogens (tertiary/aromatic N) is 1. The number of H-pyrrole nitrogens is 2. The number of amides is 1. The molecule has 2 aromatic carbocycles. The van der Waals surface area contributed by atoms with Crippen LogP contribution in [-0.4, -0.2) is 22.1 Å². The van der Waals surface area contributed by atoms with E-state index in [-0.39, 0.29) is 5.91 Å². The van der Waals surface area contributed by atoms with Crippen molar-refractivity contribution in [1.82, 2.24) is 15.4 Å². The lowest BCUT2D eigenvalue weighted by atomic mass is 10.2. The van der Waals surface area contributed by atoms with Crippen LogP contribution >= 0.6 is 35.4 Å². The predicted octanol–water partition coefficient (Wildman–Crippen LogP) is 4.30. The molecule has 1 aromatic heterocycles. The number of imidazole rings is 1. The van der Waals surface area contributed by atoms with E-state index in [0.717, 1.165) is 11.0 Å². The molecule has 0 atom stereocenters. The zero-order valence-corrected chi connectivity index (χ0v) is 13.9. The van der Waals surface area contributed by atoms with Gasteiger partial charge in [-0.2, -0.15) is 5.10 Å². The van der Waals surface area contributed by atoms with Crippen LogP contribution in [-0.2, 0) is 0 Å². The van der Waals surface area contributed by atoms with Gasteiger partial charge in [-0.25, -0.2) is 5.43 Å². The average molecular weight is 365 g/mol. The fourth-order valence-corrected chi connectivity index (χ4v) is 2.68. The van der Waals surface area contributed by atoms with Crippen LogP contribution in [0.4, 0.5) is 0 Å². The largest absolute Gasteiger partial charge is 0.331 e. The second-order valence-corrected chi connectivity index (χ2v) is 5.96. The minimum atomic E-state index is -0.339. The van der Waals surface area contributed by atoms with Gasteiger partial charge in [-0.05, 0) is 42.5 Å². The van der Waals surface area contributed by atoms with E-state index in [0.29, 0.717) is 25.9 Å². The summed E-state index contributed by atoms with van der Waals surface area (Å²) in [6, 6.07) is 10.2. The fraction of sp³-hybridized carbons (Fsp3) is 0. The first kappa shape index (κ1) is 15.7. The van der Waals surface area contributed by atoms with E-state index in [4.69, 9.17) is 35.4 Å². The third kappa shape index (κ3) is 3.61. The van der Waals surface area contributed by atoms with Crippen molar-refractivity contribution in [2.24, 2.45) is 5.10 Å². The number of rotatable bonds is 3. The van der Waals surface area contributed by atoms with Gasteiger partial charge in [0.25, 0.3) is 5.91 Å². The lowest BCUT2D eigenvalue weighted by Gasteiger charge is -2.01. The Hall–Kier alpha value is -2.15. The molecule has 23 heavy (non-hydrogen) atoms. The van der Waals surface area contributed by atoms with Crippen LogP contribution in [0.5, 0.6) is 0 Å². The standard InChI is InChI=1S/C15H10Cl2N4OS/c16-10-3-1-9(11(17)6-10)7-18-21-14(22)8-2-4-12-13(5-8)20-15(23)19-12/h1-7H,(H,21,22)(H2,19,20,23)/b18-7-. The molecule has 0 saturated heterocycles. The van der Waals surface area contributed by atoms with Crippen LogP contribution in [0, 0.1) is 4.77 Å². The first-order chi connectivity index (χ1) is 11.0. The summed E-state index contributed by atoms with van der Waals surface area (Å²) in [4.78, 5) is 18.0. The summed E-state index contributed by atoms with van der Waals surface area (Å²) in [5, 5.41) is 4.89. The monoisotopic (exact) mass is 364 g/mol. The molecule has 8 heteroatoms. The molecule has 1 heterocycles. The molecule has 116 valence electrons. The Labute approximate surface area is 146 Å². The van der Waals surface area contributed by atoms with Crippen molar-refractivity contribution < 1.29 is 4.79 Å². The molecule has 0 bridgehead atoms. The topological polar surface area (TPSA) is 73.0 Å². The minimum absolute atomic E-state index is 0.339. The van der Waals surface area contributed by atoms with Gasteiger partial charge < -0.3 is 9.97 Å². The number of halogens is 2. The Morgan fingerprint density at radius 2 is 1.91 bits per heavy atom. The number of aromatic nitrogens is 2. The summed E-state index contributed by atoms with van der Waals surface area (Å²) < 4.78 is 0.507. The summed E-state index contributed by atoms with van der Waals surface area (Å²) in [5.41, 5.74) is 5.16. The SMILES string of the molecule is O=C(N/N=C\c1ccc(Cl)cc1Cl)c1ccc2[nH]c(=S)[nH]c2c1. The molecular weight excluding hydrogens is 355 g/mol. The summed E-state index contributed by atoms with van der Waals surface area (Å²) in [6.07, 6.45) is 1.46. The summed E-state index contributed by atoms with van der Waals surface area (Å²) in [7, 11) is 0. The van der Waals surface area contributed by atoms with Gasteiger partial charge in [0.15, 0.2) is 4.77 Å². The van der Waals surface area contributed by atoms with Crippen LogP contribution in [0.2, 0.25) is 10.0 Å². The van der Waals surface area contributed by atoms with Crippen molar-refractivity contribution in [2.45, 2.75) is 0 Å². The molecule has 1 amide bonds. The molecule has 0 radical (unpaired) electrons. The predicted molar refractivity (Wildman–Crippen MR) is 95.0 cm³/mol. The van der Waals surface area contributed by atoms with Crippen LogP contribution in [0.3, 0.4) is 0 Å². The molecule has 5 nitrogen and oxygen atoms in total. The van der Waals surface area contributed by atoms with Gasteiger partial charge in [0.2, 0.25) is 0 Å². The first-order valence-electron chi connectivity index (χ1n) is 6.53. The van der Waals surface area contributed by atoms with Gasteiger partial charge in [-0.1, -0.05) is 29.3 Å². The van der Waals surface area contributed by atoms with Crippen LogP contribution in [0.25, 0.3) is 11.0 Å². The fourth-order valence-electron chi connectivity index (χ4n) is 2.00. The van der Waals surface area contributed by atoms with Gasteiger partial charge in [-0.15, -0.1) is 0 Å². The van der Waals surface area contributed by atoms with E-state index in [9.17, 15) is 4.79 Å². The van der Waals surface area contributed by atoms with Gasteiger partial charge in [0, 0.05) is 16.1 Å². The molecule has 0 aliphatic carbocycles. The Morgan fingerprint density at radius 3 is 2.70 bits per heavy atom. The van der Waals surface area contributed by atoms with Crippen LogP contribution in [0.1, 0.15) is 15.9 Å². The van der Waals surface area contributed by atoms with Gasteiger partial charge >= 0.3 is 0 Å². The first-order valence-corrected chi connectivity index (χ1v) is 7.70.